The van der Waals surface area contributed by atoms with Crippen molar-refractivity contribution in [3.05, 3.63) is 72.1 Å². The van der Waals surface area contributed by atoms with E-state index in [4.69, 9.17) is 9.47 Å². The van der Waals surface area contributed by atoms with Gasteiger partial charge in [-0.05, 0) is 31.2 Å². The summed E-state index contributed by atoms with van der Waals surface area (Å²) in [5.74, 6) is 1.26. The highest BCUT2D eigenvalue weighted by molar-refractivity contribution is 5.95. The molecule has 26 heavy (non-hydrogen) atoms. The molecule has 1 unspecified atom stereocenters. The molecule has 6 heteroatoms. The number of hydrogen-bond acceptors (Lipinski definition) is 4. The zero-order valence-electron chi connectivity index (χ0n) is 14.4. The van der Waals surface area contributed by atoms with Gasteiger partial charge in [-0.15, -0.1) is 0 Å². The second kappa shape index (κ2) is 6.92. The lowest BCUT2D eigenvalue weighted by molar-refractivity contribution is 0.0789. The van der Waals surface area contributed by atoms with Gasteiger partial charge in [-0.25, -0.2) is 4.68 Å². The number of para-hydroxylation sites is 3. The van der Waals surface area contributed by atoms with Gasteiger partial charge in [0.25, 0.3) is 5.91 Å². The number of ether oxygens (including phenoxy) is 2. The average Bonchev–Trinajstić information content (AvgIpc) is 3.08. The molecular weight excluding hydrogens is 330 g/mol. The van der Waals surface area contributed by atoms with Crippen molar-refractivity contribution in [1.29, 1.82) is 0 Å². The highest BCUT2D eigenvalue weighted by Crippen LogP contribution is 2.30. The molecule has 1 N–H and O–H groups in total. The fraction of sp³-hybridized carbons (Fsp3) is 0.200. The maximum atomic E-state index is 12.5. The summed E-state index contributed by atoms with van der Waals surface area (Å²) in [4.78, 5) is 12.5. The van der Waals surface area contributed by atoms with Gasteiger partial charge in [0, 0.05) is 0 Å². The Labute approximate surface area is 151 Å². The number of nitrogens with one attached hydrogen (secondary N) is 1. The van der Waals surface area contributed by atoms with Crippen LogP contribution >= 0.6 is 0 Å². The predicted octanol–water partition coefficient (Wildman–Crippen LogP) is 2.75. The van der Waals surface area contributed by atoms with E-state index < -0.39 is 0 Å². The van der Waals surface area contributed by atoms with Crippen molar-refractivity contribution in [2.24, 2.45) is 0 Å². The Morgan fingerprint density at radius 3 is 2.69 bits per heavy atom. The zero-order chi connectivity index (χ0) is 17.9. The van der Waals surface area contributed by atoms with Gasteiger partial charge < -0.3 is 14.8 Å². The van der Waals surface area contributed by atoms with Crippen LogP contribution in [-0.4, -0.2) is 34.9 Å². The Morgan fingerprint density at radius 1 is 1.15 bits per heavy atom. The van der Waals surface area contributed by atoms with E-state index in [0.29, 0.717) is 24.5 Å². The van der Waals surface area contributed by atoms with E-state index in [1.807, 2.05) is 61.5 Å². The van der Waals surface area contributed by atoms with Crippen LogP contribution in [0.25, 0.3) is 5.69 Å². The normalized spacial score (nSPS) is 15.5. The Hall–Kier alpha value is -3.28. The molecule has 1 aromatic heterocycles. The Bertz CT molecular complexity index is 921. The summed E-state index contributed by atoms with van der Waals surface area (Å²) < 4.78 is 13.3. The minimum absolute atomic E-state index is 0.174. The first kappa shape index (κ1) is 16.2. The second-order valence-corrected chi connectivity index (χ2v) is 6.10. The number of amides is 1. The van der Waals surface area contributed by atoms with Crippen molar-refractivity contribution in [3.63, 3.8) is 0 Å². The lowest BCUT2D eigenvalue weighted by Crippen LogP contribution is -2.40. The van der Waals surface area contributed by atoms with E-state index in [9.17, 15) is 4.79 Å². The van der Waals surface area contributed by atoms with Gasteiger partial charge in [0.1, 0.15) is 12.7 Å². The van der Waals surface area contributed by atoms with Crippen molar-refractivity contribution < 1.29 is 14.3 Å². The number of benzene rings is 2. The van der Waals surface area contributed by atoms with Crippen LogP contribution in [0.5, 0.6) is 11.5 Å². The van der Waals surface area contributed by atoms with E-state index in [1.165, 1.54) is 0 Å². The van der Waals surface area contributed by atoms with E-state index in [0.717, 1.165) is 17.1 Å². The van der Waals surface area contributed by atoms with E-state index in [1.54, 1.807) is 10.9 Å². The number of aromatic nitrogens is 2. The number of nitrogens with zero attached hydrogens (tertiary/aromatic N) is 2. The number of rotatable bonds is 4. The third-order valence-corrected chi connectivity index (χ3v) is 4.31. The van der Waals surface area contributed by atoms with Crippen LogP contribution < -0.4 is 14.8 Å². The fourth-order valence-corrected chi connectivity index (χ4v) is 2.93. The molecule has 1 aliphatic rings. The molecule has 1 aliphatic heterocycles. The van der Waals surface area contributed by atoms with Gasteiger partial charge in [-0.2, -0.15) is 5.10 Å². The van der Waals surface area contributed by atoms with Gasteiger partial charge in [0.15, 0.2) is 11.5 Å². The number of carbonyl (C=O) groups is 1. The minimum Gasteiger partial charge on any atom is -0.486 e. The molecule has 132 valence electrons. The van der Waals surface area contributed by atoms with Gasteiger partial charge in [0.2, 0.25) is 0 Å². The van der Waals surface area contributed by atoms with Gasteiger partial charge in [-0.1, -0.05) is 30.3 Å². The molecule has 2 heterocycles. The first-order valence-electron chi connectivity index (χ1n) is 8.49. The minimum atomic E-state index is -0.224. The lowest BCUT2D eigenvalue weighted by atomic mass is 10.2. The van der Waals surface area contributed by atoms with E-state index >= 15 is 0 Å². The molecule has 6 nitrogen and oxygen atoms in total. The molecule has 0 aliphatic carbocycles. The Morgan fingerprint density at radius 2 is 1.88 bits per heavy atom. The summed E-state index contributed by atoms with van der Waals surface area (Å²) in [6, 6.07) is 17.2. The molecule has 0 fully saturated rings. The maximum Gasteiger partial charge on any atom is 0.254 e. The molecule has 0 spiro atoms. The Balaban J connectivity index is 1.41. The SMILES string of the molecule is Cc1c(C(=O)NCC2COc3ccccc3O2)cnn1-c1ccccc1. The molecule has 3 aromatic rings. The van der Waals surface area contributed by atoms with Crippen LogP contribution in [0.1, 0.15) is 16.1 Å². The highest BCUT2D eigenvalue weighted by atomic mass is 16.6. The van der Waals surface area contributed by atoms with Gasteiger partial charge >= 0.3 is 0 Å². The van der Waals surface area contributed by atoms with Crippen LogP contribution in [0.4, 0.5) is 0 Å². The molecular formula is C20H19N3O3. The van der Waals surface area contributed by atoms with E-state index in [-0.39, 0.29) is 12.0 Å². The first-order valence-corrected chi connectivity index (χ1v) is 8.49. The van der Waals surface area contributed by atoms with Crippen LogP contribution in [0, 0.1) is 6.92 Å². The standard InChI is InChI=1S/C20H19N3O3/c1-14-17(12-22-23(14)15-7-3-2-4-8-15)20(24)21-11-16-13-25-18-9-5-6-10-19(18)26-16/h2-10,12,16H,11,13H2,1H3,(H,21,24). The summed E-state index contributed by atoms with van der Waals surface area (Å²) in [5.41, 5.74) is 2.26. The third-order valence-electron chi connectivity index (χ3n) is 4.31. The monoisotopic (exact) mass is 349 g/mol. The van der Waals surface area contributed by atoms with Crippen LogP contribution in [0.15, 0.2) is 60.8 Å². The Kier molecular flexibility index (Phi) is 4.31. The molecule has 0 radical (unpaired) electrons. The summed E-state index contributed by atoms with van der Waals surface area (Å²) >= 11 is 0. The molecule has 0 bridgehead atoms. The average molecular weight is 349 g/mol. The van der Waals surface area contributed by atoms with Crippen molar-refractivity contribution in [2.45, 2.75) is 13.0 Å². The molecule has 4 rings (SSSR count). The zero-order valence-corrected chi connectivity index (χ0v) is 14.4. The van der Waals surface area contributed by atoms with Crippen LogP contribution in [0.2, 0.25) is 0 Å². The fourth-order valence-electron chi connectivity index (χ4n) is 2.93. The molecule has 1 amide bonds. The predicted molar refractivity (Wildman–Crippen MR) is 97.0 cm³/mol. The van der Waals surface area contributed by atoms with Crippen molar-refractivity contribution in [2.75, 3.05) is 13.2 Å². The van der Waals surface area contributed by atoms with Crippen LogP contribution in [-0.2, 0) is 0 Å². The largest absolute Gasteiger partial charge is 0.486 e. The second-order valence-electron chi connectivity index (χ2n) is 6.10. The number of hydrogen-bond donors (Lipinski definition) is 1. The summed E-state index contributed by atoms with van der Waals surface area (Å²) in [5, 5.41) is 7.24. The van der Waals surface area contributed by atoms with Crippen molar-refractivity contribution in [3.8, 4) is 17.2 Å². The van der Waals surface area contributed by atoms with Gasteiger partial charge in [-0.3, -0.25) is 4.79 Å². The summed E-state index contributed by atoms with van der Waals surface area (Å²) in [7, 11) is 0. The highest BCUT2D eigenvalue weighted by Gasteiger charge is 2.22. The smallest absolute Gasteiger partial charge is 0.254 e. The summed E-state index contributed by atoms with van der Waals surface area (Å²) in [6.45, 7) is 2.65. The first-order chi connectivity index (χ1) is 12.7. The van der Waals surface area contributed by atoms with Gasteiger partial charge in [0.05, 0.1) is 29.7 Å². The molecule has 0 saturated carbocycles. The van der Waals surface area contributed by atoms with E-state index in [2.05, 4.69) is 10.4 Å². The quantitative estimate of drug-likeness (QED) is 0.787. The maximum absolute atomic E-state index is 12.5. The summed E-state index contributed by atoms with van der Waals surface area (Å²) in [6.07, 6.45) is 1.36. The molecule has 1 atom stereocenters. The molecule has 0 saturated heterocycles. The number of carbonyl (C=O) groups excluding carboxylic acids is 1. The van der Waals surface area contributed by atoms with Crippen molar-refractivity contribution in [1.82, 2.24) is 15.1 Å². The third kappa shape index (κ3) is 3.13. The van der Waals surface area contributed by atoms with Crippen LogP contribution in [0.3, 0.4) is 0 Å². The van der Waals surface area contributed by atoms with Crippen molar-refractivity contribution >= 4 is 5.91 Å². The topological polar surface area (TPSA) is 65.4 Å². The molecule has 2 aromatic carbocycles. The number of fused-ring (bicyclic) bond motifs is 1. The lowest BCUT2D eigenvalue weighted by Gasteiger charge is -2.26.